The molecule has 1 rings (SSSR count). The summed E-state index contributed by atoms with van der Waals surface area (Å²) in [6, 6.07) is 9.66. The number of nitrogens with zero attached hydrogens (tertiary/aromatic N) is 2. The fraction of sp³-hybridized carbons (Fsp3) is 0.812. The first-order valence-electron chi connectivity index (χ1n) is 15.4. The quantitative estimate of drug-likeness (QED) is 0.138. The Morgan fingerprint density at radius 3 is 0.853 bits per heavy atom. The van der Waals surface area contributed by atoms with Crippen LogP contribution in [0.2, 0.25) is 0 Å². The first kappa shape index (κ1) is 30.9. The number of anilines is 2. The van der Waals surface area contributed by atoms with Crippen molar-refractivity contribution < 1.29 is 0 Å². The van der Waals surface area contributed by atoms with Gasteiger partial charge < -0.3 is 9.80 Å². The Morgan fingerprint density at radius 1 is 0.353 bits per heavy atom. The highest BCUT2D eigenvalue weighted by molar-refractivity contribution is 5.56. The van der Waals surface area contributed by atoms with E-state index >= 15 is 0 Å². The lowest BCUT2D eigenvalue weighted by molar-refractivity contribution is 0.595. The molecule has 0 heterocycles. The topological polar surface area (TPSA) is 6.48 Å². The van der Waals surface area contributed by atoms with Gasteiger partial charge in [0.15, 0.2) is 0 Å². The largest absolute Gasteiger partial charge is 0.372 e. The van der Waals surface area contributed by atoms with Gasteiger partial charge in [0.1, 0.15) is 0 Å². The molecule has 0 aromatic heterocycles. The van der Waals surface area contributed by atoms with E-state index in [1.807, 2.05) is 0 Å². The van der Waals surface area contributed by atoms with Gasteiger partial charge in [-0.15, -0.1) is 0 Å². The zero-order chi connectivity index (χ0) is 24.7. The molecule has 0 unspecified atom stereocenters. The van der Waals surface area contributed by atoms with Gasteiger partial charge >= 0.3 is 0 Å². The lowest BCUT2D eigenvalue weighted by Gasteiger charge is -2.28. The van der Waals surface area contributed by atoms with E-state index in [2.05, 4.69) is 61.8 Å². The van der Waals surface area contributed by atoms with E-state index in [-0.39, 0.29) is 0 Å². The molecule has 0 N–H and O–H groups in total. The van der Waals surface area contributed by atoms with Crippen molar-refractivity contribution in [2.75, 3.05) is 36.0 Å². The third kappa shape index (κ3) is 14.9. The summed E-state index contributed by atoms with van der Waals surface area (Å²) >= 11 is 0. The molecule has 0 saturated carbocycles. The van der Waals surface area contributed by atoms with Crippen molar-refractivity contribution in [2.45, 2.75) is 143 Å². The molecule has 0 atom stereocenters. The predicted octanol–water partition coefficient (Wildman–Crippen LogP) is 10.4. The average molecular weight is 473 g/mol. The molecule has 2 heteroatoms. The maximum atomic E-state index is 2.67. The highest BCUT2D eigenvalue weighted by atomic mass is 15.1. The lowest BCUT2D eigenvalue weighted by atomic mass is 10.1. The standard InChI is InChI=1S/C32H60N2/c1-5-9-13-17-21-29-33(27-19-15-11-7-3)31-23-25-32(26-24-31)34(28-20-16-12-8-4)30-22-18-14-10-6-2/h23-26H,5-22,27-30H2,1-4H3. The molecule has 0 aliphatic carbocycles. The maximum Gasteiger partial charge on any atom is 0.0367 e. The van der Waals surface area contributed by atoms with Crippen LogP contribution in [0.5, 0.6) is 0 Å². The predicted molar refractivity (Wildman–Crippen MR) is 157 cm³/mol. The van der Waals surface area contributed by atoms with Crippen LogP contribution >= 0.6 is 0 Å². The van der Waals surface area contributed by atoms with Crippen LogP contribution in [0.15, 0.2) is 24.3 Å². The van der Waals surface area contributed by atoms with Crippen LogP contribution in [0.25, 0.3) is 0 Å². The summed E-state index contributed by atoms with van der Waals surface area (Å²) in [5.41, 5.74) is 2.87. The van der Waals surface area contributed by atoms with E-state index < -0.39 is 0 Å². The number of rotatable bonds is 24. The van der Waals surface area contributed by atoms with Crippen LogP contribution in [0.3, 0.4) is 0 Å². The van der Waals surface area contributed by atoms with Crippen LogP contribution in [0, 0.1) is 0 Å². The van der Waals surface area contributed by atoms with E-state index in [1.54, 1.807) is 0 Å². The third-order valence-corrected chi connectivity index (χ3v) is 7.21. The van der Waals surface area contributed by atoms with E-state index in [0.717, 1.165) is 0 Å². The normalized spacial score (nSPS) is 11.2. The van der Waals surface area contributed by atoms with E-state index in [9.17, 15) is 0 Å². The second-order valence-electron chi connectivity index (χ2n) is 10.4. The van der Waals surface area contributed by atoms with E-state index in [4.69, 9.17) is 0 Å². The SMILES string of the molecule is CCCCCCCN(CCCCCC)c1ccc(N(CCCCCC)CCCCCCC)cc1. The summed E-state index contributed by atoms with van der Waals surface area (Å²) in [4.78, 5) is 5.34. The Hall–Kier alpha value is -1.18. The molecule has 0 saturated heterocycles. The molecule has 0 radical (unpaired) electrons. The van der Waals surface area contributed by atoms with Gasteiger partial charge in [0.2, 0.25) is 0 Å². The highest BCUT2D eigenvalue weighted by Gasteiger charge is 2.10. The minimum absolute atomic E-state index is 1.21. The molecule has 0 aliphatic rings. The Labute approximate surface area is 214 Å². The van der Waals surface area contributed by atoms with Crippen LogP contribution in [0.4, 0.5) is 11.4 Å². The van der Waals surface area contributed by atoms with Crippen molar-refractivity contribution in [3.8, 4) is 0 Å². The fourth-order valence-corrected chi connectivity index (χ4v) is 4.89. The summed E-state index contributed by atoms with van der Waals surface area (Å²) in [6.07, 6.45) is 24.4. The van der Waals surface area contributed by atoms with Gasteiger partial charge in [0.05, 0.1) is 0 Å². The summed E-state index contributed by atoms with van der Waals surface area (Å²) in [5, 5.41) is 0. The van der Waals surface area contributed by atoms with Gasteiger partial charge in [-0.2, -0.15) is 0 Å². The van der Waals surface area contributed by atoms with Gasteiger partial charge in [-0.1, -0.05) is 118 Å². The second-order valence-corrected chi connectivity index (χ2v) is 10.4. The van der Waals surface area contributed by atoms with Crippen LogP contribution in [-0.2, 0) is 0 Å². The lowest BCUT2D eigenvalue weighted by Crippen LogP contribution is -2.27. The number of hydrogen-bond acceptors (Lipinski definition) is 2. The van der Waals surface area contributed by atoms with Crippen molar-refractivity contribution >= 4 is 11.4 Å². The Balaban J connectivity index is 2.73. The minimum atomic E-state index is 1.21. The molecular formula is C32H60N2. The zero-order valence-corrected chi connectivity index (χ0v) is 23.8. The summed E-state index contributed by atoms with van der Waals surface area (Å²) in [6.45, 7) is 14.1. The second kappa shape index (κ2) is 22.3. The van der Waals surface area contributed by atoms with Crippen molar-refractivity contribution in [2.24, 2.45) is 0 Å². The summed E-state index contributed by atoms with van der Waals surface area (Å²) < 4.78 is 0. The highest BCUT2D eigenvalue weighted by Crippen LogP contribution is 2.23. The average Bonchev–Trinajstić information content (AvgIpc) is 2.86. The molecule has 0 bridgehead atoms. The molecule has 198 valence electrons. The molecule has 1 aromatic rings. The molecule has 2 nitrogen and oxygen atoms in total. The van der Waals surface area contributed by atoms with Crippen molar-refractivity contribution in [1.29, 1.82) is 0 Å². The zero-order valence-electron chi connectivity index (χ0n) is 23.8. The molecule has 34 heavy (non-hydrogen) atoms. The fourth-order valence-electron chi connectivity index (χ4n) is 4.89. The Kier molecular flexibility index (Phi) is 20.2. The van der Waals surface area contributed by atoms with E-state index in [1.165, 1.54) is 153 Å². The van der Waals surface area contributed by atoms with Gasteiger partial charge in [0.25, 0.3) is 0 Å². The van der Waals surface area contributed by atoms with E-state index in [0.29, 0.717) is 0 Å². The smallest absolute Gasteiger partial charge is 0.0367 e. The van der Waals surface area contributed by atoms with Crippen molar-refractivity contribution in [1.82, 2.24) is 0 Å². The summed E-state index contributed by atoms with van der Waals surface area (Å²) in [7, 11) is 0. The van der Waals surface area contributed by atoms with Gasteiger partial charge in [-0.25, -0.2) is 0 Å². The first-order chi connectivity index (χ1) is 16.8. The number of benzene rings is 1. The number of unbranched alkanes of at least 4 members (excludes halogenated alkanes) is 14. The van der Waals surface area contributed by atoms with Gasteiger partial charge in [-0.3, -0.25) is 0 Å². The molecular weight excluding hydrogens is 412 g/mol. The van der Waals surface area contributed by atoms with Crippen LogP contribution in [-0.4, -0.2) is 26.2 Å². The Morgan fingerprint density at radius 2 is 0.588 bits per heavy atom. The van der Waals surface area contributed by atoms with Gasteiger partial charge in [-0.05, 0) is 49.9 Å². The molecule has 0 spiro atoms. The molecule has 0 aliphatic heterocycles. The first-order valence-corrected chi connectivity index (χ1v) is 15.4. The Bertz CT molecular complexity index is 489. The van der Waals surface area contributed by atoms with Crippen molar-refractivity contribution in [3.63, 3.8) is 0 Å². The maximum absolute atomic E-state index is 2.67. The molecule has 1 aromatic carbocycles. The van der Waals surface area contributed by atoms with Crippen molar-refractivity contribution in [3.05, 3.63) is 24.3 Å². The van der Waals surface area contributed by atoms with Crippen LogP contribution in [0.1, 0.15) is 143 Å². The van der Waals surface area contributed by atoms with Crippen LogP contribution < -0.4 is 9.80 Å². The molecule has 0 fully saturated rings. The summed E-state index contributed by atoms with van der Waals surface area (Å²) in [5.74, 6) is 0. The third-order valence-electron chi connectivity index (χ3n) is 7.21. The number of hydrogen-bond donors (Lipinski definition) is 0. The molecule has 0 amide bonds. The monoisotopic (exact) mass is 472 g/mol. The van der Waals surface area contributed by atoms with Gasteiger partial charge in [0, 0.05) is 37.6 Å². The minimum Gasteiger partial charge on any atom is -0.372 e.